The molecular weight excluding hydrogens is 236 g/mol. The number of rotatable bonds is 4. The largest absolute Gasteiger partial charge is 0.508 e. The monoisotopic (exact) mass is 254 g/mol. The molecule has 17 heavy (non-hydrogen) atoms. The Kier molecular flexibility index (Phi) is 2.94. The number of benzene rings is 1. The van der Waals surface area contributed by atoms with Crippen LogP contribution in [-0.2, 0) is 15.3 Å². The zero-order valence-electron chi connectivity index (χ0n) is 10.2. The smallest absolute Gasteiger partial charge is 0.153 e. The third-order valence-corrected chi connectivity index (χ3v) is 5.90. The van der Waals surface area contributed by atoms with Crippen molar-refractivity contribution in [2.75, 3.05) is 5.75 Å². The van der Waals surface area contributed by atoms with Crippen LogP contribution in [0.4, 0.5) is 0 Å². The van der Waals surface area contributed by atoms with E-state index >= 15 is 0 Å². The van der Waals surface area contributed by atoms with Gasteiger partial charge in [0.2, 0.25) is 0 Å². The van der Waals surface area contributed by atoms with Gasteiger partial charge in [0.05, 0.1) is 11.0 Å². The predicted molar refractivity (Wildman–Crippen MR) is 67.9 cm³/mol. The van der Waals surface area contributed by atoms with Gasteiger partial charge in [0.25, 0.3) is 0 Å². The predicted octanol–water partition coefficient (Wildman–Crippen LogP) is 2.25. The quantitative estimate of drug-likeness (QED) is 0.896. The van der Waals surface area contributed by atoms with Gasteiger partial charge in [-0.3, -0.25) is 0 Å². The summed E-state index contributed by atoms with van der Waals surface area (Å²) >= 11 is 0. The van der Waals surface area contributed by atoms with Crippen LogP contribution < -0.4 is 0 Å². The van der Waals surface area contributed by atoms with Crippen molar-refractivity contribution in [2.45, 2.75) is 37.4 Å². The lowest BCUT2D eigenvalue weighted by Gasteiger charge is -2.17. The van der Waals surface area contributed by atoms with Gasteiger partial charge in [0.1, 0.15) is 5.75 Å². The maximum Gasteiger partial charge on any atom is 0.153 e. The second kappa shape index (κ2) is 4.02. The Morgan fingerprint density at radius 3 is 2.47 bits per heavy atom. The highest BCUT2D eigenvalue weighted by molar-refractivity contribution is 7.92. The van der Waals surface area contributed by atoms with E-state index in [-0.39, 0.29) is 22.2 Å². The number of hydrogen-bond acceptors (Lipinski definition) is 3. The van der Waals surface area contributed by atoms with Crippen LogP contribution in [-0.4, -0.2) is 24.5 Å². The summed E-state index contributed by atoms with van der Waals surface area (Å²) in [7, 11) is -3.04. The van der Waals surface area contributed by atoms with Crippen molar-refractivity contribution >= 4 is 9.84 Å². The third kappa shape index (κ3) is 2.46. The first-order valence-electron chi connectivity index (χ1n) is 5.87. The molecule has 1 N–H and O–H groups in total. The molecule has 0 unspecified atom stereocenters. The van der Waals surface area contributed by atoms with Crippen LogP contribution in [0.15, 0.2) is 24.3 Å². The fraction of sp³-hybridized carbons (Fsp3) is 0.538. The maximum absolute atomic E-state index is 12.0. The van der Waals surface area contributed by atoms with Crippen LogP contribution in [0.25, 0.3) is 0 Å². The number of aromatic hydroxyl groups is 1. The minimum atomic E-state index is -3.04. The Morgan fingerprint density at radius 1 is 1.35 bits per heavy atom. The highest BCUT2D eigenvalue weighted by atomic mass is 32.2. The fourth-order valence-corrected chi connectivity index (χ4v) is 3.61. The van der Waals surface area contributed by atoms with Crippen molar-refractivity contribution in [3.8, 4) is 5.75 Å². The molecule has 4 heteroatoms. The number of phenolic OH excluding ortho intramolecular Hbond substituents is 1. The van der Waals surface area contributed by atoms with E-state index in [1.807, 2.05) is 6.07 Å². The first-order chi connectivity index (χ1) is 7.86. The zero-order chi connectivity index (χ0) is 12.7. The highest BCUT2D eigenvalue weighted by Crippen LogP contribution is 2.50. The Labute approximate surface area is 102 Å². The average Bonchev–Trinajstić information content (AvgIpc) is 2.98. The molecule has 0 radical (unpaired) electrons. The van der Waals surface area contributed by atoms with Gasteiger partial charge in [-0.1, -0.05) is 12.1 Å². The van der Waals surface area contributed by atoms with Gasteiger partial charge in [-0.05, 0) is 44.4 Å². The van der Waals surface area contributed by atoms with Gasteiger partial charge in [0.15, 0.2) is 9.84 Å². The third-order valence-electron chi connectivity index (χ3n) is 3.51. The number of hydrogen-bond donors (Lipinski definition) is 1. The molecule has 3 nitrogen and oxygen atoms in total. The van der Waals surface area contributed by atoms with Crippen LogP contribution in [0.2, 0.25) is 0 Å². The van der Waals surface area contributed by atoms with E-state index in [0.29, 0.717) is 0 Å². The van der Waals surface area contributed by atoms with Crippen LogP contribution in [0.5, 0.6) is 5.75 Å². The second-order valence-electron chi connectivity index (χ2n) is 5.19. The van der Waals surface area contributed by atoms with Gasteiger partial charge >= 0.3 is 0 Å². The molecule has 0 heterocycles. The minimum absolute atomic E-state index is 0.196. The molecule has 1 aliphatic carbocycles. The molecule has 0 aromatic heterocycles. The molecular formula is C13H18O3S. The Morgan fingerprint density at radius 2 is 2.00 bits per heavy atom. The molecule has 1 aromatic rings. The molecule has 0 spiro atoms. The second-order valence-corrected chi connectivity index (χ2v) is 7.74. The fourth-order valence-electron chi connectivity index (χ4n) is 2.05. The molecule has 1 saturated carbocycles. The van der Waals surface area contributed by atoms with E-state index in [9.17, 15) is 13.5 Å². The van der Waals surface area contributed by atoms with Crippen LogP contribution in [0, 0.1) is 0 Å². The maximum atomic E-state index is 12.0. The lowest BCUT2D eigenvalue weighted by atomic mass is 9.98. The zero-order valence-corrected chi connectivity index (χ0v) is 11.0. The Bertz CT molecular complexity index is 513. The summed E-state index contributed by atoms with van der Waals surface area (Å²) in [6.45, 7) is 3.43. The molecule has 0 bridgehead atoms. The van der Waals surface area contributed by atoms with Gasteiger partial charge < -0.3 is 5.11 Å². The summed E-state index contributed by atoms with van der Waals surface area (Å²) < 4.78 is 24.0. The van der Waals surface area contributed by atoms with Crippen molar-refractivity contribution in [3.05, 3.63) is 29.8 Å². The van der Waals surface area contributed by atoms with E-state index in [1.165, 1.54) is 0 Å². The molecule has 0 atom stereocenters. The van der Waals surface area contributed by atoms with Crippen molar-refractivity contribution in [3.63, 3.8) is 0 Å². The summed E-state index contributed by atoms with van der Waals surface area (Å²) in [6.07, 6.45) is 1.78. The van der Waals surface area contributed by atoms with Crippen molar-refractivity contribution in [2.24, 2.45) is 0 Å². The lowest BCUT2D eigenvalue weighted by Crippen LogP contribution is -2.26. The van der Waals surface area contributed by atoms with Crippen LogP contribution in [0.1, 0.15) is 32.3 Å². The van der Waals surface area contributed by atoms with Crippen LogP contribution in [0.3, 0.4) is 0 Å². The molecule has 1 fully saturated rings. The molecule has 0 amide bonds. The molecule has 94 valence electrons. The first kappa shape index (κ1) is 12.4. The molecule has 1 aliphatic rings. The molecule has 0 aliphatic heterocycles. The van der Waals surface area contributed by atoms with E-state index in [2.05, 4.69) is 0 Å². The summed E-state index contributed by atoms with van der Waals surface area (Å²) in [6, 6.07) is 6.97. The average molecular weight is 254 g/mol. The van der Waals surface area contributed by atoms with Gasteiger partial charge in [-0.25, -0.2) is 8.42 Å². The van der Waals surface area contributed by atoms with Gasteiger partial charge in [0, 0.05) is 5.41 Å². The number of phenols is 1. The van der Waals surface area contributed by atoms with Crippen molar-refractivity contribution < 1.29 is 13.5 Å². The van der Waals surface area contributed by atoms with Crippen molar-refractivity contribution in [1.29, 1.82) is 0 Å². The normalized spacial score (nSPS) is 18.3. The van der Waals surface area contributed by atoms with Crippen molar-refractivity contribution in [1.82, 2.24) is 0 Å². The topological polar surface area (TPSA) is 54.4 Å². The SMILES string of the molecule is CC(C)S(=O)(=O)CC1(c2cccc(O)c2)CC1. The minimum Gasteiger partial charge on any atom is -0.508 e. The molecule has 2 rings (SSSR count). The summed E-state index contributed by atoms with van der Waals surface area (Å²) in [5.74, 6) is 0.400. The lowest BCUT2D eigenvalue weighted by molar-refractivity contribution is 0.473. The molecule has 0 saturated heterocycles. The molecule has 1 aromatic carbocycles. The van der Waals surface area contributed by atoms with E-state index in [4.69, 9.17) is 0 Å². The number of sulfone groups is 1. The summed E-state index contributed by atoms with van der Waals surface area (Å²) in [4.78, 5) is 0. The summed E-state index contributed by atoms with van der Waals surface area (Å²) in [5, 5.41) is 9.13. The van der Waals surface area contributed by atoms with E-state index < -0.39 is 9.84 Å². The Balaban J connectivity index is 2.27. The highest BCUT2D eigenvalue weighted by Gasteiger charge is 2.48. The van der Waals surface area contributed by atoms with E-state index in [1.54, 1.807) is 32.0 Å². The standard InChI is InChI=1S/C13H18O3S/c1-10(2)17(15,16)9-13(6-7-13)11-4-3-5-12(14)8-11/h3-5,8,10,14H,6-7,9H2,1-2H3. The van der Waals surface area contributed by atoms with Crippen LogP contribution >= 0.6 is 0 Å². The Hall–Kier alpha value is -1.03. The van der Waals surface area contributed by atoms with Gasteiger partial charge in [-0.2, -0.15) is 0 Å². The van der Waals surface area contributed by atoms with Gasteiger partial charge in [-0.15, -0.1) is 0 Å². The first-order valence-corrected chi connectivity index (χ1v) is 7.58. The summed E-state index contributed by atoms with van der Waals surface area (Å²) in [5.41, 5.74) is 0.698. The van der Waals surface area contributed by atoms with E-state index in [0.717, 1.165) is 18.4 Å².